The molecule has 0 saturated heterocycles. The second kappa shape index (κ2) is 29.2. The first kappa shape index (κ1) is 71.0. The summed E-state index contributed by atoms with van der Waals surface area (Å²) in [4.78, 5) is 4.83. The van der Waals surface area contributed by atoms with E-state index in [9.17, 15) is 0 Å². The molecule has 0 bridgehead atoms. The van der Waals surface area contributed by atoms with Crippen molar-refractivity contribution < 1.29 is 0 Å². The molecule has 0 N–H and O–H groups in total. The van der Waals surface area contributed by atoms with E-state index in [2.05, 4.69) is 483 Å². The third-order valence-electron chi connectivity index (χ3n) is 24.8. The van der Waals surface area contributed by atoms with Crippen LogP contribution < -0.4 is 9.80 Å². The summed E-state index contributed by atoms with van der Waals surface area (Å²) < 4.78 is 4.88. The van der Waals surface area contributed by atoms with Gasteiger partial charge >= 0.3 is 0 Å². The summed E-state index contributed by atoms with van der Waals surface area (Å²) in [5.41, 5.74) is 38.8. The third-order valence-corrected chi connectivity index (χ3v) is 24.8. The van der Waals surface area contributed by atoms with Crippen LogP contribution in [0.5, 0.6) is 0 Å². The van der Waals surface area contributed by atoms with Crippen molar-refractivity contribution >= 4 is 77.7 Å². The molecule has 0 saturated carbocycles. The third kappa shape index (κ3) is 12.1. The Morgan fingerprint density at radius 1 is 0.195 bits per heavy atom. The molecule has 0 amide bonds. The van der Waals surface area contributed by atoms with Crippen LogP contribution >= 0.6 is 0 Å². The molecule has 560 valence electrons. The number of nitrogens with zero attached hydrogens (tertiary/aromatic N) is 4. The first-order valence-electron chi connectivity index (χ1n) is 41.0. The molecular formula is C114H84N4. The van der Waals surface area contributed by atoms with Gasteiger partial charge in [-0.2, -0.15) is 0 Å². The zero-order valence-corrected chi connectivity index (χ0v) is 66.4. The fourth-order valence-corrected chi connectivity index (χ4v) is 19.2. The van der Waals surface area contributed by atoms with Gasteiger partial charge < -0.3 is 18.9 Å². The number of benzene rings is 18. The van der Waals surface area contributed by atoms with Gasteiger partial charge in [0.2, 0.25) is 0 Å². The Labute approximate surface area is 690 Å². The van der Waals surface area contributed by atoms with Gasteiger partial charge in [-0.1, -0.05) is 355 Å². The quantitative estimate of drug-likeness (QED) is 0.108. The normalized spacial score (nSPS) is 12.7. The Hall–Kier alpha value is -14.8. The van der Waals surface area contributed by atoms with Crippen LogP contribution in [0.1, 0.15) is 49.9 Å². The van der Waals surface area contributed by atoms with Crippen LogP contribution in [0.3, 0.4) is 0 Å². The van der Waals surface area contributed by atoms with Crippen LogP contribution in [0.2, 0.25) is 0 Å². The summed E-state index contributed by atoms with van der Waals surface area (Å²) in [5, 5.41) is 5.09. The summed E-state index contributed by atoms with van der Waals surface area (Å²) in [6, 6.07) is 159. The molecule has 22 rings (SSSR count). The standard InChI is InChI=1S/2C57H42N2/c1-57(2)51-22-12-9-21-50(51)55-54(59-52-23-13-10-19-48(52)49-20-11-14-24-53(49)59)38-37-47(56(55)57)43-29-35-46(36-30-43)58(44-31-25-41(26-32-44)39-15-5-3-6-16-39)45-33-27-42(28-34-45)40-17-7-4-8-18-40;1-57(2)51-22-12-9-21-50(51)55-47(43-29-35-46(36-30-43)59-52-23-13-10-19-48(52)49-20-11-14-24-53(49)59)37-38-54(56(55)57)58(44-31-25-41(26-32-44)39-15-5-3-6-16-39)45-33-27-42(28-34-45)40-17-7-4-8-18-40/h2*3-38H,1-2H3. The predicted molar refractivity (Wildman–Crippen MR) is 499 cm³/mol. The minimum absolute atomic E-state index is 0.207. The molecule has 20 aromatic rings. The van der Waals surface area contributed by atoms with E-state index in [1.807, 2.05) is 0 Å². The predicted octanol–water partition coefficient (Wildman–Crippen LogP) is 31.1. The minimum Gasteiger partial charge on any atom is -0.311 e. The summed E-state index contributed by atoms with van der Waals surface area (Å²) in [6.45, 7) is 9.58. The summed E-state index contributed by atoms with van der Waals surface area (Å²) in [7, 11) is 0. The van der Waals surface area contributed by atoms with Gasteiger partial charge in [-0.15, -0.1) is 0 Å². The SMILES string of the molecule is CC1(C)c2ccccc2-c2c(-c3ccc(-n4c5ccccc5c5ccccc54)cc3)ccc(N(c3ccc(-c4ccccc4)cc3)c3ccc(-c4ccccc4)cc3)c21.CC1(C)c2ccccc2-c2c(-n3c4ccccc4c4ccccc43)ccc(-c3ccc(N(c4ccc(-c5ccccc5)cc4)c4ccc(-c5ccccc5)cc4)cc3)c21. The number of para-hydroxylation sites is 4. The van der Waals surface area contributed by atoms with E-state index in [1.165, 1.54) is 166 Å². The first-order chi connectivity index (χ1) is 58.1. The van der Waals surface area contributed by atoms with Crippen LogP contribution in [0, 0.1) is 0 Å². The maximum absolute atomic E-state index is 2.48. The van der Waals surface area contributed by atoms with Crippen LogP contribution in [-0.2, 0) is 10.8 Å². The van der Waals surface area contributed by atoms with E-state index in [1.54, 1.807) is 0 Å². The van der Waals surface area contributed by atoms with Crippen molar-refractivity contribution in [2.45, 2.75) is 38.5 Å². The monoisotopic (exact) mass is 1510 g/mol. The maximum atomic E-state index is 2.48. The molecule has 2 aliphatic carbocycles. The molecule has 0 unspecified atom stereocenters. The molecule has 4 nitrogen and oxygen atoms in total. The van der Waals surface area contributed by atoms with Gasteiger partial charge in [0.15, 0.2) is 0 Å². The topological polar surface area (TPSA) is 16.3 Å². The van der Waals surface area contributed by atoms with Crippen molar-refractivity contribution in [2.24, 2.45) is 0 Å². The summed E-state index contributed by atoms with van der Waals surface area (Å²) in [6.07, 6.45) is 0. The largest absolute Gasteiger partial charge is 0.311 e. The lowest BCUT2D eigenvalue weighted by Gasteiger charge is -2.33. The Kier molecular flexibility index (Phi) is 17.6. The van der Waals surface area contributed by atoms with Crippen LogP contribution in [0.25, 0.3) is 144 Å². The van der Waals surface area contributed by atoms with Crippen LogP contribution in [0.15, 0.2) is 437 Å². The summed E-state index contributed by atoms with van der Waals surface area (Å²) >= 11 is 0. The van der Waals surface area contributed by atoms with Gasteiger partial charge in [0, 0.05) is 72.1 Å². The molecule has 0 aliphatic heterocycles. The Morgan fingerprint density at radius 3 is 0.881 bits per heavy atom. The molecule has 4 heteroatoms. The lowest BCUT2D eigenvalue weighted by Crippen LogP contribution is -2.20. The number of hydrogen-bond donors (Lipinski definition) is 0. The van der Waals surface area contributed by atoms with Crippen molar-refractivity contribution in [3.05, 3.63) is 459 Å². The fourth-order valence-electron chi connectivity index (χ4n) is 19.2. The molecule has 2 aliphatic rings. The van der Waals surface area contributed by atoms with Gasteiger partial charge in [-0.25, -0.2) is 0 Å². The maximum Gasteiger partial charge on any atom is 0.0544 e. The second-order valence-corrected chi connectivity index (χ2v) is 32.3. The fraction of sp³-hybridized carbons (Fsp3) is 0.0526. The Bertz CT molecular complexity index is 6870. The molecule has 0 atom stereocenters. The average molecular weight is 1510 g/mol. The van der Waals surface area contributed by atoms with Gasteiger partial charge in [-0.3, -0.25) is 0 Å². The molecule has 2 heterocycles. The van der Waals surface area contributed by atoms with Crippen molar-refractivity contribution in [1.82, 2.24) is 9.13 Å². The molecule has 2 aromatic heterocycles. The van der Waals surface area contributed by atoms with Crippen LogP contribution in [0.4, 0.5) is 34.1 Å². The van der Waals surface area contributed by atoms with Crippen LogP contribution in [-0.4, -0.2) is 9.13 Å². The van der Waals surface area contributed by atoms with Crippen molar-refractivity contribution in [3.63, 3.8) is 0 Å². The molecule has 118 heavy (non-hydrogen) atoms. The van der Waals surface area contributed by atoms with E-state index < -0.39 is 0 Å². The van der Waals surface area contributed by atoms with E-state index in [-0.39, 0.29) is 10.8 Å². The second-order valence-electron chi connectivity index (χ2n) is 32.3. The van der Waals surface area contributed by atoms with E-state index in [4.69, 9.17) is 0 Å². The number of hydrogen-bond acceptors (Lipinski definition) is 2. The molecule has 0 fully saturated rings. The molecular weight excluding hydrogens is 1430 g/mol. The van der Waals surface area contributed by atoms with E-state index in [0.717, 1.165) is 34.1 Å². The highest BCUT2D eigenvalue weighted by molar-refractivity contribution is 6.12. The van der Waals surface area contributed by atoms with Gasteiger partial charge in [0.05, 0.1) is 33.4 Å². The van der Waals surface area contributed by atoms with Crippen molar-refractivity contribution in [3.8, 4) is 100 Å². The van der Waals surface area contributed by atoms with Gasteiger partial charge in [-0.05, 0) is 215 Å². The zero-order chi connectivity index (χ0) is 79.0. The zero-order valence-electron chi connectivity index (χ0n) is 66.4. The van der Waals surface area contributed by atoms with Gasteiger partial charge in [0.25, 0.3) is 0 Å². The molecule has 0 spiro atoms. The highest BCUT2D eigenvalue weighted by Crippen LogP contribution is 2.59. The van der Waals surface area contributed by atoms with Crippen molar-refractivity contribution in [2.75, 3.05) is 9.80 Å². The number of rotatable bonds is 14. The number of fused-ring (bicyclic) bond motifs is 12. The average Bonchev–Trinajstić information content (AvgIpc) is 1.55. The Balaban J connectivity index is 0.000000147. The molecule has 0 radical (unpaired) electrons. The minimum atomic E-state index is -0.258. The first-order valence-corrected chi connectivity index (χ1v) is 41.0. The van der Waals surface area contributed by atoms with Gasteiger partial charge in [0.1, 0.15) is 0 Å². The number of aromatic nitrogens is 2. The van der Waals surface area contributed by atoms with E-state index in [0.29, 0.717) is 0 Å². The highest BCUT2D eigenvalue weighted by Gasteiger charge is 2.42. The van der Waals surface area contributed by atoms with E-state index >= 15 is 0 Å². The number of anilines is 6. The smallest absolute Gasteiger partial charge is 0.0544 e. The molecule has 18 aromatic carbocycles. The lowest BCUT2D eigenvalue weighted by molar-refractivity contribution is 0.661. The van der Waals surface area contributed by atoms with Crippen molar-refractivity contribution in [1.29, 1.82) is 0 Å². The highest BCUT2D eigenvalue weighted by atomic mass is 15.2. The summed E-state index contributed by atoms with van der Waals surface area (Å²) in [5.74, 6) is 0. The Morgan fingerprint density at radius 2 is 0.483 bits per heavy atom. The lowest BCUT2D eigenvalue weighted by atomic mass is 9.78.